The molecule has 0 N–H and O–H groups in total. The number of unbranched alkanes of at least 4 members (excludes halogenated alkanes) is 40. The Morgan fingerprint density at radius 2 is 0.429 bits per heavy atom. The predicted molar refractivity (Wildman–Crippen MR) is 318 cm³/mol. The van der Waals surface area contributed by atoms with Crippen LogP contribution >= 0.6 is 0 Å². The number of hydrogen-bond donors (Lipinski definition) is 0. The number of carbonyl (C=O) groups excluding carboxylic acids is 4. The third kappa shape index (κ3) is 59.7. The van der Waals surface area contributed by atoms with Crippen molar-refractivity contribution in [2.45, 2.75) is 348 Å². The van der Waals surface area contributed by atoms with Gasteiger partial charge in [-0.1, -0.05) is 285 Å². The van der Waals surface area contributed by atoms with Crippen LogP contribution in [-0.4, -0.2) is 88.9 Å². The minimum atomic E-state index is -0.691. The molecule has 77 heavy (non-hydrogen) atoms. The summed E-state index contributed by atoms with van der Waals surface area (Å²) >= 11 is 0. The second-order valence-corrected chi connectivity index (χ2v) is 22.5. The highest BCUT2D eigenvalue weighted by Gasteiger charge is 2.19. The summed E-state index contributed by atoms with van der Waals surface area (Å²) < 4.78 is 40.3. The zero-order valence-electron chi connectivity index (χ0n) is 51.2. The summed E-state index contributed by atoms with van der Waals surface area (Å²) in [4.78, 5) is 51.2. The second-order valence-electron chi connectivity index (χ2n) is 22.5. The maximum Gasteiger partial charge on any atom is 0.306 e. The molecule has 0 aliphatic heterocycles. The fraction of sp³-hybridized carbons (Fsp3) is 0.939. The van der Waals surface area contributed by atoms with Gasteiger partial charge in [-0.15, -0.1) is 0 Å². The molecule has 0 radical (unpaired) electrons. The molecule has 0 aliphatic carbocycles. The summed E-state index contributed by atoms with van der Waals surface area (Å²) in [5.41, 5.74) is 0. The summed E-state index contributed by atoms with van der Waals surface area (Å²) in [5.74, 6) is -1.12. The number of ether oxygens (including phenoxy) is 7. The summed E-state index contributed by atoms with van der Waals surface area (Å²) in [7, 11) is 0. The van der Waals surface area contributed by atoms with Crippen LogP contribution in [0.4, 0.5) is 0 Å². The van der Waals surface area contributed by atoms with Gasteiger partial charge in [0.2, 0.25) is 0 Å². The molecule has 0 aromatic rings. The summed E-state index contributed by atoms with van der Waals surface area (Å²) in [6, 6.07) is 0. The lowest BCUT2D eigenvalue weighted by Crippen LogP contribution is -2.30. The van der Waals surface area contributed by atoms with Crippen LogP contribution in [0.25, 0.3) is 0 Å². The van der Waals surface area contributed by atoms with E-state index in [4.69, 9.17) is 33.2 Å². The Balaban J connectivity index is 4.83. The Morgan fingerprint density at radius 1 is 0.234 bits per heavy atom. The van der Waals surface area contributed by atoms with Crippen LogP contribution in [0.15, 0.2) is 0 Å². The maximum absolute atomic E-state index is 12.9. The molecule has 0 unspecified atom stereocenters. The first kappa shape index (κ1) is 74.8. The van der Waals surface area contributed by atoms with Crippen LogP contribution in [0, 0.1) is 0 Å². The van der Waals surface area contributed by atoms with Gasteiger partial charge in [-0.3, -0.25) is 19.2 Å². The summed E-state index contributed by atoms with van der Waals surface area (Å²) in [5, 5.41) is 0. The van der Waals surface area contributed by atoms with Crippen molar-refractivity contribution < 1.29 is 52.3 Å². The third-order valence-corrected chi connectivity index (χ3v) is 14.7. The molecular weight excluding hydrogens is 969 g/mol. The molecule has 0 rings (SSSR count). The number of esters is 4. The molecule has 0 aromatic heterocycles. The smallest absolute Gasteiger partial charge is 0.306 e. The van der Waals surface area contributed by atoms with Gasteiger partial charge >= 0.3 is 23.9 Å². The van der Waals surface area contributed by atoms with E-state index < -0.39 is 12.2 Å². The van der Waals surface area contributed by atoms with Crippen molar-refractivity contribution >= 4 is 23.9 Å². The monoisotopic (exact) mass is 1090 g/mol. The zero-order chi connectivity index (χ0) is 56.0. The van der Waals surface area contributed by atoms with Gasteiger partial charge in [0.25, 0.3) is 0 Å². The number of carbonyl (C=O) groups is 4. The molecule has 0 saturated carbocycles. The Labute approximate surface area is 475 Å². The molecule has 0 aromatic carbocycles. The molecule has 0 saturated heterocycles. The lowest BCUT2D eigenvalue weighted by Gasteiger charge is -2.19. The van der Waals surface area contributed by atoms with Crippen LogP contribution in [0.5, 0.6) is 0 Å². The molecular formula is C66H126O11. The molecule has 11 nitrogen and oxygen atoms in total. The van der Waals surface area contributed by atoms with Crippen LogP contribution < -0.4 is 0 Å². The lowest BCUT2D eigenvalue weighted by molar-refractivity contribution is -0.163. The van der Waals surface area contributed by atoms with Crippen molar-refractivity contribution in [3.8, 4) is 0 Å². The topological polar surface area (TPSA) is 133 Å². The van der Waals surface area contributed by atoms with Gasteiger partial charge in [-0.05, 0) is 25.7 Å². The highest BCUT2D eigenvalue weighted by molar-refractivity contribution is 5.71. The molecule has 0 aliphatic rings. The van der Waals surface area contributed by atoms with Crippen molar-refractivity contribution in [2.24, 2.45) is 0 Å². The quantitative estimate of drug-likeness (QED) is 0.0327. The number of rotatable bonds is 64. The first-order valence-corrected chi connectivity index (χ1v) is 33.3. The summed E-state index contributed by atoms with van der Waals surface area (Å²) in [6.45, 7) is 10.2. The molecule has 11 heteroatoms. The van der Waals surface area contributed by atoms with E-state index in [2.05, 4.69) is 27.7 Å². The fourth-order valence-electron chi connectivity index (χ4n) is 9.74. The van der Waals surface area contributed by atoms with Gasteiger partial charge < -0.3 is 33.2 Å². The van der Waals surface area contributed by atoms with Crippen molar-refractivity contribution in [3.05, 3.63) is 0 Å². The van der Waals surface area contributed by atoms with Crippen LogP contribution in [0.3, 0.4) is 0 Å². The van der Waals surface area contributed by atoms with E-state index in [1.54, 1.807) is 0 Å². The van der Waals surface area contributed by atoms with Crippen molar-refractivity contribution in [3.63, 3.8) is 0 Å². The average molecular weight is 1100 g/mol. The SMILES string of the molecule is CCCCCCCCCCCCCC(=O)OC[C@H](COCCOCCOC[C@@H](COC(=O)CCCCCCCCCCCCC)OC(=O)CCCCCCCCCCCCC)OC(=O)CCCCCCCCCCCCC. The van der Waals surface area contributed by atoms with E-state index in [0.29, 0.717) is 25.7 Å². The van der Waals surface area contributed by atoms with Crippen molar-refractivity contribution in [1.29, 1.82) is 0 Å². The van der Waals surface area contributed by atoms with Crippen LogP contribution in [-0.2, 0) is 52.3 Å². The Kier molecular flexibility index (Phi) is 61.1. The first-order valence-electron chi connectivity index (χ1n) is 33.3. The fourth-order valence-corrected chi connectivity index (χ4v) is 9.74. The molecule has 0 heterocycles. The highest BCUT2D eigenvalue weighted by atomic mass is 16.6. The predicted octanol–water partition coefficient (Wildman–Crippen LogP) is 18.8. The van der Waals surface area contributed by atoms with E-state index in [0.717, 1.165) is 77.0 Å². The Hall–Kier alpha value is -2.24. The molecule has 0 amide bonds. The van der Waals surface area contributed by atoms with Crippen molar-refractivity contribution in [2.75, 3.05) is 52.9 Å². The van der Waals surface area contributed by atoms with E-state index in [1.165, 1.54) is 205 Å². The lowest BCUT2D eigenvalue weighted by atomic mass is 10.1. The van der Waals surface area contributed by atoms with E-state index >= 15 is 0 Å². The van der Waals surface area contributed by atoms with E-state index in [-0.39, 0.29) is 76.7 Å². The standard InChI is InChI=1S/C66H126O11/c1-5-9-13-17-21-25-29-33-37-41-45-49-63(67)74-59-61(76-65(69)51-47-43-39-35-31-27-23-19-15-11-7-3)57-72-55-53-71-54-56-73-58-62(77-66(70)52-48-44-40-36-32-28-24-20-16-12-8-4)60-75-64(68)50-46-42-38-34-30-26-22-18-14-10-6-2/h61-62H,5-60H2,1-4H3/t61-,62-/m0/s1. The van der Waals surface area contributed by atoms with Gasteiger partial charge in [0.05, 0.1) is 39.6 Å². The average Bonchev–Trinajstić information content (AvgIpc) is 3.42. The largest absolute Gasteiger partial charge is 0.462 e. The maximum atomic E-state index is 12.9. The van der Waals surface area contributed by atoms with E-state index in [1.807, 2.05) is 0 Å². The summed E-state index contributed by atoms with van der Waals surface area (Å²) in [6.07, 6.45) is 53.3. The minimum absolute atomic E-state index is 0.0325. The molecule has 0 spiro atoms. The van der Waals surface area contributed by atoms with Gasteiger partial charge in [-0.25, -0.2) is 0 Å². The highest BCUT2D eigenvalue weighted by Crippen LogP contribution is 2.17. The minimum Gasteiger partial charge on any atom is -0.462 e. The van der Waals surface area contributed by atoms with Gasteiger partial charge in [0.1, 0.15) is 13.2 Å². The molecule has 0 bridgehead atoms. The van der Waals surface area contributed by atoms with Gasteiger partial charge in [0, 0.05) is 25.7 Å². The number of hydrogen-bond acceptors (Lipinski definition) is 11. The normalized spacial score (nSPS) is 12.2. The van der Waals surface area contributed by atoms with Gasteiger partial charge in [0.15, 0.2) is 12.2 Å². The first-order chi connectivity index (χ1) is 37.9. The Bertz CT molecular complexity index is 1150. The van der Waals surface area contributed by atoms with Crippen LogP contribution in [0.2, 0.25) is 0 Å². The Morgan fingerprint density at radius 3 is 0.662 bits per heavy atom. The van der Waals surface area contributed by atoms with E-state index in [9.17, 15) is 19.2 Å². The zero-order valence-corrected chi connectivity index (χ0v) is 51.2. The second kappa shape index (κ2) is 62.9. The van der Waals surface area contributed by atoms with Gasteiger partial charge in [-0.2, -0.15) is 0 Å². The molecule has 456 valence electrons. The third-order valence-electron chi connectivity index (χ3n) is 14.7. The van der Waals surface area contributed by atoms with Crippen molar-refractivity contribution in [1.82, 2.24) is 0 Å². The molecule has 0 fully saturated rings. The molecule has 2 atom stereocenters. The van der Waals surface area contributed by atoms with Crippen LogP contribution in [0.1, 0.15) is 336 Å².